The Kier molecular flexibility index (Phi) is 8.33. The van der Waals surface area contributed by atoms with Gasteiger partial charge in [0.25, 0.3) is 0 Å². The highest BCUT2D eigenvalue weighted by atomic mass is 16.1. The molecule has 0 aromatic rings. The molecule has 0 fully saturated rings. The van der Waals surface area contributed by atoms with Crippen molar-refractivity contribution in [2.75, 3.05) is 26.2 Å². The predicted octanol–water partition coefficient (Wildman–Crippen LogP) is 0.572. The van der Waals surface area contributed by atoms with E-state index in [9.17, 15) is 4.79 Å². The van der Waals surface area contributed by atoms with E-state index in [0.717, 1.165) is 32.5 Å². The van der Waals surface area contributed by atoms with E-state index in [1.165, 1.54) is 0 Å². The number of carbonyl (C=O) groups excluding carboxylic acids is 1. The van der Waals surface area contributed by atoms with Crippen molar-refractivity contribution in [3.05, 3.63) is 0 Å². The van der Waals surface area contributed by atoms with Crippen molar-refractivity contribution in [1.82, 2.24) is 10.2 Å². The van der Waals surface area contributed by atoms with Crippen LogP contribution in [0.5, 0.6) is 0 Å². The van der Waals surface area contributed by atoms with Gasteiger partial charge >= 0.3 is 0 Å². The van der Waals surface area contributed by atoms with Crippen molar-refractivity contribution in [1.29, 1.82) is 0 Å². The molecule has 0 rings (SSSR count). The number of nitrogens with zero attached hydrogens (tertiary/aromatic N) is 1. The summed E-state index contributed by atoms with van der Waals surface area (Å²) in [6.07, 6.45) is 2.13. The second-order valence-corrected chi connectivity index (χ2v) is 3.84. The summed E-state index contributed by atoms with van der Waals surface area (Å²) in [5.41, 5.74) is 5.22. The fourth-order valence-electron chi connectivity index (χ4n) is 1.57. The van der Waals surface area contributed by atoms with Crippen LogP contribution in [0.3, 0.4) is 0 Å². The lowest BCUT2D eigenvalue weighted by Crippen LogP contribution is -2.37. The van der Waals surface area contributed by atoms with Crippen LogP contribution in [0.4, 0.5) is 0 Å². The molecule has 1 atom stereocenters. The summed E-state index contributed by atoms with van der Waals surface area (Å²) < 4.78 is 0. The maximum atomic E-state index is 11.0. The van der Waals surface area contributed by atoms with Crippen LogP contribution in [0.15, 0.2) is 0 Å². The second kappa shape index (κ2) is 8.68. The van der Waals surface area contributed by atoms with Crippen LogP contribution in [-0.4, -0.2) is 43.0 Å². The van der Waals surface area contributed by atoms with Crippen LogP contribution in [0.25, 0.3) is 0 Å². The first kappa shape index (κ1) is 14.4. The van der Waals surface area contributed by atoms with Crippen LogP contribution in [0.2, 0.25) is 0 Å². The van der Waals surface area contributed by atoms with Gasteiger partial charge in [-0.15, -0.1) is 0 Å². The van der Waals surface area contributed by atoms with Crippen LogP contribution in [-0.2, 0) is 4.79 Å². The van der Waals surface area contributed by atoms with Crippen LogP contribution >= 0.6 is 0 Å². The van der Waals surface area contributed by atoms with Crippen LogP contribution in [0, 0.1) is 0 Å². The predicted molar refractivity (Wildman–Crippen MR) is 63.7 cm³/mol. The zero-order valence-electron chi connectivity index (χ0n) is 10.3. The molecule has 0 aliphatic rings. The Hall–Kier alpha value is -0.610. The molecule has 0 bridgehead atoms. The smallest absolute Gasteiger partial charge is 0.233 e. The molecule has 0 aliphatic carbocycles. The van der Waals surface area contributed by atoms with E-state index < -0.39 is 0 Å². The molecule has 15 heavy (non-hydrogen) atoms. The first-order chi connectivity index (χ1) is 7.13. The van der Waals surface area contributed by atoms with Crippen LogP contribution < -0.4 is 11.1 Å². The van der Waals surface area contributed by atoms with E-state index in [0.29, 0.717) is 0 Å². The standard InChI is InChI=1S/C11H25N3O/c1-4-14(5-2)8-6-7-10(3)13-11(15)9-12/h10H,4-9,12H2,1-3H3,(H,13,15). The Labute approximate surface area is 93.2 Å². The van der Waals surface area contributed by atoms with Gasteiger partial charge in [-0.3, -0.25) is 4.79 Å². The summed E-state index contributed by atoms with van der Waals surface area (Å²) >= 11 is 0. The third-order valence-electron chi connectivity index (χ3n) is 2.60. The van der Waals surface area contributed by atoms with Gasteiger partial charge in [-0.1, -0.05) is 13.8 Å². The number of nitrogens with two attached hydrogens (primary N) is 1. The molecule has 0 saturated heterocycles. The van der Waals surface area contributed by atoms with Crippen LogP contribution in [0.1, 0.15) is 33.6 Å². The van der Waals surface area contributed by atoms with Gasteiger partial charge in [0.2, 0.25) is 5.91 Å². The quantitative estimate of drug-likeness (QED) is 0.622. The minimum absolute atomic E-state index is 0.0645. The lowest BCUT2D eigenvalue weighted by molar-refractivity contribution is -0.120. The van der Waals surface area contributed by atoms with Gasteiger partial charge in [0.15, 0.2) is 0 Å². The van der Waals surface area contributed by atoms with Crippen molar-refractivity contribution < 1.29 is 4.79 Å². The molecule has 0 radical (unpaired) electrons. The molecular weight excluding hydrogens is 190 g/mol. The Morgan fingerprint density at radius 2 is 2.00 bits per heavy atom. The Bertz CT molecular complexity index is 169. The largest absolute Gasteiger partial charge is 0.353 e. The molecular formula is C11H25N3O. The fourth-order valence-corrected chi connectivity index (χ4v) is 1.57. The van der Waals surface area contributed by atoms with E-state index in [-0.39, 0.29) is 18.5 Å². The van der Waals surface area contributed by atoms with Crippen molar-refractivity contribution >= 4 is 5.91 Å². The molecule has 0 aromatic carbocycles. The zero-order valence-corrected chi connectivity index (χ0v) is 10.3. The molecule has 4 heteroatoms. The number of amides is 1. The second-order valence-electron chi connectivity index (χ2n) is 3.84. The van der Waals surface area contributed by atoms with Gasteiger partial charge in [-0.2, -0.15) is 0 Å². The number of hydrogen-bond donors (Lipinski definition) is 2. The molecule has 0 spiro atoms. The normalized spacial score (nSPS) is 12.9. The van der Waals surface area contributed by atoms with E-state index in [1.807, 2.05) is 6.92 Å². The summed E-state index contributed by atoms with van der Waals surface area (Å²) in [5, 5.41) is 2.86. The number of carbonyl (C=O) groups is 1. The molecule has 1 amide bonds. The number of nitrogens with one attached hydrogen (secondary N) is 1. The van der Waals surface area contributed by atoms with E-state index >= 15 is 0 Å². The van der Waals surface area contributed by atoms with Gasteiger partial charge in [-0.05, 0) is 39.4 Å². The third kappa shape index (κ3) is 7.33. The minimum Gasteiger partial charge on any atom is -0.353 e. The minimum atomic E-state index is -0.0645. The monoisotopic (exact) mass is 215 g/mol. The highest BCUT2D eigenvalue weighted by Gasteiger charge is 2.06. The summed E-state index contributed by atoms with van der Waals surface area (Å²) in [5.74, 6) is -0.0645. The molecule has 0 aromatic heterocycles. The molecule has 4 nitrogen and oxygen atoms in total. The molecule has 0 heterocycles. The number of hydrogen-bond acceptors (Lipinski definition) is 3. The lowest BCUT2D eigenvalue weighted by atomic mass is 10.1. The fraction of sp³-hybridized carbons (Fsp3) is 0.909. The maximum absolute atomic E-state index is 11.0. The summed E-state index contributed by atoms with van der Waals surface area (Å²) in [6, 6.07) is 0.233. The van der Waals surface area contributed by atoms with Crippen molar-refractivity contribution in [2.45, 2.75) is 39.7 Å². The first-order valence-electron chi connectivity index (χ1n) is 5.85. The van der Waals surface area contributed by atoms with Crippen molar-refractivity contribution in [3.63, 3.8) is 0 Å². The molecule has 0 aliphatic heterocycles. The van der Waals surface area contributed by atoms with Gasteiger partial charge < -0.3 is 16.0 Å². The Morgan fingerprint density at radius 3 is 2.47 bits per heavy atom. The van der Waals surface area contributed by atoms with Gasteiger partial charge in [0, 0.05) is 6.04 Å². The zero-order chi connectivity index (χ0) is 11.7. The SMILES string of the molecule is CCN(CC)CCCC(C)NC(=O)CN. The third-order valence-corrected chi connectivity index (χ3v) is 2.60. The summed E-state index contributed by atoms with van der Waals surface area (Å²) in [4.78, 5) is 13.4. The van der Waals surface area contributed by atoms with Crippen molar-refractivity contribution in [3.8, 4) is 0 Å². The van der Waals surface area contributed by atoms with Gasteiger partial charge in [-0.25, -0.2) is 0 Å². The first-order valence-corrected chi connectivity index (χ1v) is 5.85. The van der Waals surface area contributed by atoms with Gasteiger partial charge in [0.1, 0.15) is 0 Å². The molecule has 90 valence electrons. The topological polar surface area (TPSA) is 58.4 Å². The molecule has 1 unspecified atom stereocenters. The molecule has 3 N–H and O–H groups in total. The highest BCUT2D eigenvalue weighted by molar-refractivity contribution is 5.77. The maximum Gasteiger partial charge on any atom is 0.233 e. The Morgan fingerprint density at radius 1 is 1.40 bits per heavy atom. The van der Waals surface area contributed by atoms with E-state index in [1.54, 1.807) is 0 Å². The van der Waals surface area contributed by atoms with E-state index in [4.69, 9.17) is 5.73 Å². The summed E-state index contributed by atoms with van der Waals surface area (Å²) in [6.45, 7) is 9.75. The summed E-state index contributed by atoms with van der Waals surface area (Å²) in [7, 11) is 0. The highest BCUT2D eigenvalue weighted by Crippen LogP contribution is 1.99. The average Bonchev–Trinajstić information content (AvgIpc) is 2.24. The number of rotatable bonds is 8. The molecule has 0 saturated carbocycles. The average molecular weight is 215 g/mol. The lowest BCUT2D eigenvalue weighted by Gasteiger charge is -2.19. The Balaban J connectivity index is 3.53. The van der Waals surface area contributed by atoms with Crippen molar-refractivity contribution in [2.24, 2.45) is 5.73 Å². The van der Waals surface area contributed by atoms with Gasteiger partial charge in [0.05, 0.1) is 6.54 Å². The van der Waals surface area contributed by atoms with E-state index in [2.05, 4.69) is 24.1 Å².